The molecule has 1 fully saturated rings. The molecule has 4 heteroatoms. The number of nitrogens with two attached hydrogens (primary N) is 1. The zero-order valence-electron chi connectivity index (χ0n) is 8.78. The molecule has 0 radical (unpaired) electrons. The molecule has 0 unspecified atom stereocenters. The highest BCUT2D eigenvalue weighted by Gasteiger charge is 2.30. The van der Waals surface area contributed by atoms with Crippen LogP contribution in [0, 0.1) is 0 Å². The Hall–Kier alpha value is -0.610. The second kappa shape index (κ2) is 5.32. The Kier molecular flexibility index (Phi) is 4.35. The van der Waals surface area contributed by atoms with E-state index in [1.54, 1.807) is 4.90 Å². The number of likely N-dealkylation sites (tertiary alicyclic amines) is 1. The minimum atomic E-state index is -0.899. The van der Waals surface area contributed by atoms with Crippen LogP contribution in [-0.2, 0) is 4.79 Å². The van der Waals surface area contributed by atoms with Crippen molar-refractivity contribution in [2.24, 2.45) is 5.73 Å². The Bertz CT molecular complexity index is 195. The summed E-state index contributed by atoms with van der Waals surface area (Å²) in [6, 6.07) is -0.176. The van der Waals surface area contributed by atoms with E-state index in [2.05, 4.69) is 6.92 Å². The Morgan fingerprint density at radius 1 is 1.64 bits per heavy atom. The zero-order valence-corrected chi connectivity index (χ0v) is 8.78. The molecule has 1 amide bonds. The minimum absolute atomic E-state index is 0.135. The van der Waals surface area contributed by atoms with Gasteiger partial charge in [0.2, 0.25) is 5.91 Å². The quantitative estimate of drug-likeness (QED) is 0.633. The van der Waals surface area contributed by atoms with Crippen molar-refractivity contribution >= 4 is 5.91 Å². The number of nitrogens with zero attached hydrogens (tertiary/aromatic N) is 1. The van der Waals surface area contributed by atoms with Crippen LogP contribution in [0.25, 0.3) is 0 Å². The van der Waals surface area contributed by atoms with Crippen LogP contribution in [0.4, 0.5) is 0 Å². The van der Waals surface area contributed by atoms with Crippen molar-refractivity contribution in [3.05, 3.63) is 0 Å². The molecule has 82 valence electrons. The maximum atomic E-state index is 11.4. The van der Waals surface area contributed by atoms with Crippen LogP contribution in [0.2, 0.25) is 0 Å². The minimum Gasteiger partial charge on any atom is -0.377 e. The number of rotatable bonds is 5. The summed E-state index contributed by atoms with van der Waals surface area (Å²) in [6.07, 6.45) is 3.47. The third kappa shape index (κ3) is 2.69. The first kappa shape index (κ1) is 11.5. The molecule has 1 aliphatic heterocycles. The molecular weight excluding hydrogens is 180 g/mol. The third-order valence-electron chi connectivity index (χ3n) is 2.76. The van der Waals surface area contributed by atoms with Gasteiger partial charge >= 0.3 is 0 Å². The highest BCUT2D eigenvalue weighted by molar-refractivity contribution is 5.78. The Morgan fingerprint density at radius 3 is 2.79 bits per heavy atom. The van der Waals surface area contributed by atoms with E-state index in [1.165, 1.54) is 0 Å². The SMILES string of the molecule is CCCC[C@@H]([C@H](N)O)N1CCCC1=O. The van der Waals surface area contributed by atoms with Crippen LogP contribution < -0.4 is 5.73 Å². The van der Waals surface area contributed by atoms with Gasteiger partial charge in [0.15, 0.2) is 0 Å². The van der Waals surface area contributed by atoms with Gasteiger partial charge in [-0.15, -0.1) is 0 Å². The zero-order chi connectivity index (χ0) is 10.6. The maximum absolute atomic E-state index is 11.4. The molecule has 2 atom stereocenters. The highest BCUT2D eigenvalue weighted by atomic mass is 16.3. The third-order valence-corrected chi connectivity index (χ3v) is 2.76. The lowest BCUT2D eigenvalue weighted by atomic mass is 10.1. The van der Waals surface area contributed by atoms with Crippen molar-refractivity contribution in [2.45, 2.75) is 51.3 Å². The summed E-state index contributed by atoms with van der Waals surface area (Å²) < 4.78 is 0. The molecule has 0 spiro atoms. The molecule has 0 aromatic heterocycles. The first-order valence-corrected chi connectivity index (χ1v) is 5.40. The topological polar surface area (TPSA) is 66.6 Å². The van der Waals surface area contributed by atoms with Gasteiger partial charge in [-0.3, -0.25) is 4.79 Å². The highest BCUT2D eigenvalue weighted by Crippen LogP contribution is 2.18. The first-order chi connectivity index (χ1) is 6.66. The van der Waals surface area contributed by atoms with Crippen molar-refractivity contribution in [2.75, 3.05) is 6.54 Å². The van der Waals surface area contributed by atoms with Crippen LogP contribution in [0.3, 0.4) is 0 Å². The van der Waals surface area contributed by atoms with Crippen molar-refractivity contribution in [1.29, 1.82) is 0 Å². The summed E-state index contributed by atoms with van der Waals surface area (Å²) in [5.74, 6) is 0.135. The van der Waals surface area contributed by atoms with Gasteiger partial charge in [-0.2, -0.15) is 0 Å². The van der Waals surface area contributed by atoms with Crippen LogP contribution >= 0.6 is 0 Å². The maximum Gasteiger partial charge on any atom is 0.223 e. The van der Waals surface area contributed by atoms with E-state index in [0.29, 0.717) is 6.42 Å². The lowest BCUT2D eigenvalue weighted by Crippen LogP contribution is -2.48. The summed E-state index contributed by atoms with van der Waals surface area (Å²) in [7, 11) is 0. The summed E-state index contributed by atoms with van der Waals surface area (Å²) in [4.78, 5) is 13.2. The van der Waals surface area contributed by atoms with E-state index in [-0.39, 0.29) is 11.9 Å². The predicted molar refractivity (Wildman–Crippen MR) is 54.5 cm³/mol. The molecule has 1 saturated heterocycles. The van der Waals surface area contributed by atoms with Crippen molar-refractivity contribution in [3.63, 3.8) is 0 Å². The summed E-state index contributed by atoms with van der Waals surface area (Å²) in [5.41, 5.74) is 5.48. The Labute approximate surface area is 85.1 Å². The number of hydrogen-bond donors (Lipinski definition) is 2. The van der Waals surface area contributed by atoms with E-state index < -0.39 is 6.23 Å². The number of aliphatic hydroxyl groups is 1. The molecule has 0 aliphatic carbocycles. The van der Waals surface area contributed by atoms with E-state index in [4.69, 9.17) is 5.73 Å². The lowest BCUT2D eigenvalue weighted by Gasteiger charge is -2.29. The van der Waals surface area contributed by atoms with Crippen LogP contribution in [0.15, 0.2) is 0 Å². The molecule has 3 N–H and O–H groups in total. The molecule has 1 rings (SSSR count). The second-order valence-electron chi connectivity index (χ2n) is 3.89. The first-order valence-electron chi connectivity index (χ1n) is 5.40. The average Bonchev–Trinajstić information content (AvgIpc) is 2.52. The molecule has 0 saturated carbocycles. The molecule has 1 heterocycles. The predicted octanol–water partition coefficient (Wildman–Crippen LogP) is 0.445. The van der Waals surface area contributed by atoms with Crippen molar-refractivity contribution in [1.82, 2.24) is 4.90 Å². The Morgan fingerprint density at radius 2 is 2.36 bits per heavy atom. The van der Waals surface area contributed by atoms with Crippen LogP contribution in [-0.4, -0.2) is 34.7 Å². The van der Waals surface area contributed by atoms with Gasteiger partial charge < -0.3 is 15.7 Å². The summed E-state index contributed by atoms with van der Waals surface area (Å²) in [6.45, 7) is 2.84. The average molecular weight is 200 g/mol. The smallest absolute Gasteiger partial charge is 0.223 e. The number of hydrogen-bond acceptors (Lipinski definition) is 3. The number of carbonyl (C=O) groups excluding carboxylic acids is 1. The van der Waals surface area contributed by atoms with Crippen LogP contribution in [0.1, 0.15) is 39.0 Å². The van der Waals surface area contributed by atoms with Gasteiger partial charge in [-0.05, 0) is 12.8 Å². The van der Waals surface area contributed by atoms with E-state index in [9.17, 15) is 9.90 Å². The van der Waals surface area contributed by atoms with Crippen molar-refractivity contribution in [3.8, 4) is 0 Å². The van der Waals surface area contributed by atoms with Crippen molar-refractivity contribution < 1.29 is 9.90 Å². The van der Waals surface area contributed by atoms with E-state index in [1.807, 2.05) is 0 Å². The fourth-order valence-electron chi connectivity index (χ4n) is 1.94. The molecule has 0 aromatic rings. The largest absolute Gasteiger partial charge is 0.377 e. The lowest BCUT2D eigenvalue weighted by molar-refractivity contribution is -0.132. The fourth-order valence-corrected chi connectivity index (χ4v) is 1.94. The normalized spacial score (nSPS) is 21.4. The van der Waals surface area contributed by atoms with Gasteiger partial charge in [0, 0.05) is 13.0 Å². The van der Waals surface area contributed by atoms with Crippen LogP contribution in [0.5, 0.6) is 0 Å². The summed E-state index contributed by atoms with van der Waals surface area (Å²) in [5, 5.41) is 9.40. The second-order valence-corrected chi connectivity index (χ2v) is 3.89. The Balaban J connectivity index is 2.52. The number of unbranched alkanes of at least 4 members (excludes halogenated alkanes) is 1. The van der Waals surface area contributed by atoms with E-state index >= 15 is 0 Å². The monoisotopic (exact) mass is 200 g/mol. The van der Waals surface area contributed by atoms with Gasteiger partial charge in [0.25, 0.3) is 0 Å². The summed E-state index contributed by atoms with van der Waals surface area (Å²) >= 11 is 0. The van der Waals surface area contributed by atoms with Gasteiger partial charge in [-0.25, -0.2) is 0 Å². The van der Waals surface area contributed by atoms with Gasteiger partial charge in [0.1, 0.15) is 6.23 Å². The molecule has 1 aliphatic rings. The number of amides is 1. The number of carbonyl (C=O) groups is 1. The molecule has 14 heavy (non-hydrogen) atoms. The molecule has 0 bridgehead atoms. The van der Waals surface area contributed by atoms with E-state index in [0.717, 1.165) is 32.2 Å². The molecule has 0 aromatic carbocycles. The molecule has 4 nitrogen and oxygen atoms in total. The number of aliphatic hydroxyl groups excluding tert-OH is 1. The van der Waals surface area contributed by atoms with Gasteiger partial charge in [-0.1, -0.05) is 19.8 Å². The fraction of sp³-hybridized carbons (Fsp3) is 0.900. The standard InChI is InChI=1S/C10H20N2O2/c1-2-3-5-8(10(11)14)12-7-4-6-9(12)13/h8,10,14H,2-7,11H2,1H3/t8-,10+/m0/s1. The molecular formula is C10H20N2O2. The van der Waals surface area contributed by atoms with Gasteiger partial charge in [0.05, 0.1) is 6.04 Å².